The standard InChI is InChI=1S/C16H23NO3/c1-13-3-2-4-14(11-13)12-15(16(18)19)5-6-17-7-9-20-10-8-17/h2-4,11,15H,5-10,12H2,1H3,(H,18,19). The molecular formula is C16H23NO3. The van der Waals surface area contributed by atoms with Crippen molar-refractivity contribution in [3.63, 3.8) is 0 Å². The van der Waals surface area contributed by atoms with Gasteiger partial charge in [-0.25, -0.2) is 0 Å². The van der Waals surface area contributed by atoms with Crippen molar-refractivity contribution in [3.05, 3.63) is 35.4 Å². The minimum Gasteiger partial charge on any atom is -0.481 e. The summed E-state index contributed by atoms with van der Waals surface area (Å²) in [7, 11) is 0. The van der Waals surface area contributed by atoms with Crippen molar-refractivity contribution in [2.75, 3.05) is 32.8 Å². The number of rotatable bonds is 6. The second kappa shape index (κ2) is 7.41. The Morgan fingerprint density at radius 1 is 1.40 bits per heavy atom. The quantitative estimate of drug-likeness (QED) is 0.863. The molecule has 0 amide bonds. The van der Waals surface area contributed by atoms with Gasteiger partial charge in [-0.05, 0) is 31.9 Å². The number of morpholine rings is 1. The van der Waals surface area contributed by atoms with Crippen LogP contribution in [0.5, 0.6) is 0 Å². The molecule has 1 N–H and O–H groups in total. The molecule has 1 unspecified atom stereocenters. The average molecular weight is 277 g/mol. The van der Waals surface area contributed by atoms with Gasteiger partial charge in [-0.2, -0.15) is 0 Å². The normalized spacial score (nSPS) is 17.9. The smallest absolute Gasteiger partial charge is 0.306 e. The van der Waals surface area contributed by atoms with E-state index >= 15 is 0 Å². The highest BCUT2D eigenvalue weighted by Gasteiger charge is 2.20. The predicted octanol–water partition coefficient (Wildman–Crippen LogP) is 1.96. The highest BCUT2D eigenvalue weighted by Crippen LogP contribution is 2.15. The number of carboxylic acids is 1. The van der Waals surface area contributed by atoms with Gasteiger partial charge < -0.3 is 9.84 Å². The zero-order valence-corrected chi connectivity index (χ0v) is 12.0. The Morgan fingerprint density at radius 3 is 2.80 bits per heavy atom. The van der Waals surface area contributed by atoms with Crippen molar-refractivity contribution in [3.8, 4) is 0 Å². The molecule has 20 heavy (non-hydrogen) atoms. The van der Waals surface area contributed by atoms with Crippen LogP contribution in [0.2, 0.25) is 0 Å². The number of carbonyl (C=O) groups is 1. The van der Waals surface area contributed by atoms with E-state index < -0.39 is 5.97 Å². The fourth-order valence-electron chi connectivity index (χ4n) is 2.60. The third-order valence-electron chi connectivity index (χ3n) is 3.81. The number of aliphatic carboxylic acids is 1. The molecule has 0 aliphatic carbocycles. The molecule has 1 aliphatic heterocycles. The lowest BCUT2D eigenvalue weighted by Crippen LogP contribution is -2.38. The molecule has 4 heteroatoms. The molecule has 1 heterocycles. The molecule has 1 atom stereocenters. The Bertz CT molecular complexity index is 441. The summed E-state index contributed by atoms with van der Waals surface area (Å²) >= 11 is 0. The van der Waals surface area contributed by atoms with Crippen LogP contribution in [-0.2, 0) is 16.0 Å². The number of nitrogens with zero attached hydrogens (tertiary/aromatic N) is 1. The second-order valence-electron chi connectivity index (χ2n) is 5.47. The second-order valence-corrected chi connectivity index (χ2v) is 5.47. The minimum atomic E-state index is -0.695. The molecule has 1 aromatic carbocycles. The molecule has 2 rings (SSSR count). The van der Waals surface area contributed by atoms with Gasteiger partial charge in [-0.3, -0.25) is 9.69 Å². The fourth-order valence-corrected chi connectivity index (χ4v) is 2.60. The summed E-state index contributed by atoms with van der Waals surface area (Å²) in [5.41, 5.74) is 2.29. The van der Waals surface area contributed by atoms with Gasteiger partial charge in [-0.15, -0.1) is 0 Å². The Labute approximate surface area is 120 Å². The maximum atomic E-state index is 11.4. The number of hydrogen-bond acceptors (Lipinski definition) is 3. The highest BCUT2D eigenvalue weighted by molar-refractivity contribution is 5.70. The number of aryl methyl sites for hydroxylation is 1. The minimum absolute atomic E-state index is 0.306. The molecule has 1 saturated heterocycles. The first-order valence-electron chi connectivity index (χ1n) is 7.23. The van der Waals surface area contributed by atoms with Crippen LogP contribution in [0.4, 0.5) is 0 Å². The maximum Gasteiger partial charge on any atom is 0.306 e. The number of ether oxygens (including phenoxy) is 1. The van der Waals surface area contributed by atoms with Crippen molar-refractivity contribution >= 4 is 5.97 Å². The lowest BCUT2D eigenvalue weighted by molar-refractivity contribution is -0.142. The van der Waals surface area contributed by atoms with Gasteiger partial charge >= 0.3 is 5.97 Å². The van der Waals surface area contributed by atoms with Crippen LogP contribution >= 0.6 is 0 Å². The summed E-state index contributed by atoms with van der Waals surface area (Å²) in [4.78, 5) is 13.7. The van der Waals surface area contributed by atoms with Crippen molar-refractivity contribution in [1.82, 2.24) is 4.90 Å². The zero-order valence-electron chi connectivity index (χ0n) is 12.0. The lowest BCUT2D eigenvalue weighted by atomic mass is 9.95. The molecule has 0 spiro atoms. The molecule has 0 radical (unpaired) electrons. The van der Waals surface area contributed by atoms with Gasteiger partial charge in [0, 0.05) is 13.1 Å². The molecule has 0 aromatic heterocycles. The third-order valence-corrected chi connectivity index (χ3v) is 3.81. The molecule has 0 saturated carbocycles. The van der Waals surface area contributed by atoms with Gasteiger partial charge in [0.2, 0.25) is 0 Å². The molecular weight excluding hydrogens is 254 g/mol. The topological polar surface area (TPSA) is 49.8 Å². The van der Waals surface area contributed by atoms with Gasteiger partial charge in [0.15, 0.2) is 0 Å². The summed E-state index contributed by atoms with van der Waals surface area (Å²) in [5.74, 6) is -1.00. The van der Waals surface area contributed by atoms with Gasteiger partial charge in [-0.1, -0.05) is 29.8 Å². The van der Waals surface area contributed by atoms with Crippen LogP contribution in [0.15, 0.2) is 24.3 Å². The van der Waals surface area contributed by atoms with Crippen LogP contribution < -0.4 is 0 Å². The lowest BCUT2D eigenvalue weighted by Gasteiger charge is -2.27. The molecule has 1 fully saturated rings. The van der Waals surface area contributed by atoms with Gasteiger partial charge in [0.25, 0.3) is 0 Å². The van der Waals surface area contributed by atoms with Gasteiger partial charge in [0.1, 0.15) is 0 Å². The average Bonchev–Trinajstić information content (AvgIpc) is 2.44. The predicted molar refractivity (Wildman–Crippen MR) is 77.9 cm³/mol. The van der Waals surface area contributed by atoms with E-state index in [4.69, 9.17) is 4.74 Å². The van der Waals surface area contributed by atoms with Crippen LogP contribution in [-0.4, -0.2) is 48.8 Å². The number of benzene rings is 1. The molecule has 1 aliphatic rings. The fraction of sp³-hybridized carbons (Fsp3) is 0.562. The van der Waals surface area contributed by atoms with E-state index in [1.54, 1.807) is 0 Å². The Kier molecular flexibility index (Phi) is 5.56. The number of hydrogen-bond donors (Lipinski definition) is 1. The summed E-state index contributed by atoms with van der Waals surface area (Å²) in [6.07, 6.45) is 1.31. The van der Waals surface area contributed by atoms with Crippen molar-refractivity contribution in [1.29, 1.82) is 0 Å². The van der Waals surface area contributed by atoms with E-state index in [9.17, 15) is 9.90 Å². The highest BCUT2D eigenvalue weighted by atomic mass is 16.5. The Hall–Kier alpha value is -1.39. The summed E-state index contributed by atoms with van der Waals surface area (Å²) in [5, 5.41) is 9.39. The summed E-state index contributed by atoms with van der Waals surface area (Å²) in [6, 6.07) is 8.11. The Morgan fingerprint density at radius 2 is 2.15 bits per heavy atom. The van der Waals surface area contributed by atoms with E-state index in [2.05, 4.69) is 11.0 Å². The SMILES string of the molecule is Cc1cccc(CC(CCN2CCOCC2)C(=O)O)c1. The van der Waals surface area contributed by atoms with Crippen LogP contribution in [0.25, 0.3) is 0 Å². The number of carboxylic acid groups (broad SMARTS) is 1. The molecule has 4 nitrogen and oxygen atoms in total. The summed E-state index contributed by atoms with van der Waals surface area (Å²) in [6.45, 7) is 6.22. The van der Waals surface area contributed by atoms with Crippen LogP contribution in [0.1, 0.15) is 17.5 Å². The van der Waals surface area contributed by atoms with Crippen LogP contribution in [0.3, 0.4) is 0 Å². The molecule has 1 aromatic rings. The largest absolute Gasteiger partial charge is 0.481 e. The first kappa shape index (κ1) is 15.0. The van der Waals surface area contributed by atoms with E-state index in [1.165, 1.54) is 5.56 Å². The first-order valence-corrected chi connectivity index (χ1v) is 7.23. The van der Waals surface area contributed by atoms with E-state index in [-0.39, 0.29) is 5.92 Å². The molecule has 0 bridgehead atoms. The van der Waals surface area contributed by atoms with Crippen molar-refractivity contribution in [2.24, 2.45) is 5.92 Å². The van der Waals surface area contributed by atoms with Crippen molar-refractivity contribution in [2.45, 2.75) is 19.8 Å². The zero-order chi connectivity index (χ0) is 14.4. The third kappa shape index (κ3) is 4.62. The van der Waals surface area contributed by atoms with E-state index in [1.807, 2.05) is 25.1 Å². The summed E-state index contributed by atoms with van der Waals surface area (Å²) < 4.78 is 5.30. The van der Waals surface area contributed by atoms with Gasteiger partial charge in [0.05, 0.1) is 19.1 Å². The van der Waals surface area contributed by atoms with E-state index in [0.717, 1.165) is 38.4 Å². The first-order chi connectivity index (χ1) is 9.65. The molecule has 110 valence electrons. The Balaban J connectivity index is 1.88. The monoisotopic (exact) mass is 277 g/mol. The van der Waals surface area contributed by atoms with Crippen molar-refractivity contribution < 1.29 is 14.6 Å². The van der Waals surface area contributed by atoms with E-state index in [0.29, 0.717) is 12.8 Å². The van der Waals surface area contributed by atoms with Crippen LogP contribution in [0, 0.1) is 12.8 Å². The maximum absolute atomic E-state index is 11.4.